The minimum Gasteiger partial charge on any atom is -0.476 e. The van der Waals surface area contributed by atoms with Gasteiger partial charge in [-0.25, -0.2) is 18.6 Å². The number of alkyl halides is 3. The van der Waals surface area contributed by atoms with Crippen LogP contribution < -0.4 is 5.73 Å². The Labute approximate surface area is 88.7 Å². The summed E-state index contributed by atoms with van der Waals surface area (Å²) in [6, 6.07) is 0.999. The first-order chi connectivity index (χ1) is 6.97. The number of carboxylic acid groups (broad SMARTS) is 1. The molecule has 7 heteroatoms. The van der Waals surface area contributed by atoms with Crippen molar-refractivity contribution in [1.82, 2.24) is 4.98 Å². The monoisotopic (exact) mass is 236 g/mol. The van der Waals surface area contributed by atoms with E-state index in [0.29, 0.717) is 0 Å². The fourth-order valence-corrected chi connectivity index (χ4v) is 1.18. The lowest BCUT2D eigenvalue weighted by molar-refractivity contribution is 0.0691. The first-order valence-electron chi connectivity index (χ1n) is 3.84. The summed E-state index contributed by atoms with van der Waals surface area (Å²) in [6.07, 6.45) is -2.85. The molecule has 1 heterocycles. The highest BCUT2D eigenvalue weighted by Gasteiger charge is 2.20. The van der Waals surface area contributed by atoms with Gasteiger partial charge in [-0.1, -0.05) is 0 Å². The van der Waals surface area contributed by atoms with Gasteiger partial charge in [0, 0.05) is 5.56 Å². The topological polar surface area (TPSA) is 76.2 Å². The average molecular weight is 237 g/mol. The Morgan fingerprint density at radius 1 is 1.67 bits per heavy atom. The molecule has 0 bridgehead atoms. The summed E-state index contributed by atoms with van der Waals surface area (Å²) in [7, 11) is 0. The smallest absolute Gasteiger partial charge is 0.356 e. The lowest BCUT2D eigenvalue weighted by Gasteiger charge is -2.08. The number of rotatable bonds is 3. The van der Waals surface area contributed by atoms with Gasteiger partial charge < -0.3 is 10.8 Å². The maximum absolute atomic E-state index is 12.4. The summed E-state index contributed by atoms with van der Waals surface area (Å²) in [5, 5.41) is 8.66. The Morgan fingerprint density at radius 3 is 2.67 bits per heavy atom. The zero-order valence-corrected chi connectivity index (χ0v) is 8.13. The zero-order chi connectivity index (χ0) is 11.6. The van der Waals surface area contributed by atoms with Gasteiger partial charge in [0.15, 0.2) is 5.69 Å². The number of hydrogen-bond acceptors (Lipinski definition) is 3. The summed E-state index contributed by atoms with van der Waals surface area (Å²) in [6.45, 7) is 0. The second kappa shape index (κ2) is 4.39. The van der Waals surface area contributed by atoms with Crippen molar-refractivity contribution >= 4 is 23.3 Å². The molecule has 0 aliphatic rings. The number of carbonyl (C=O) groups is 1. The van der Waals surface area contributed by atoms with Gasteiger partial charge >= 0.3 is 5.97 Å². The van der Waals surface area contributed by atoms with Gasteiger partial charge in [-0.15, -0.1) is 11.6 Å². The van der Waals surface area contributed by atoms with Crippen LogP contribution in [0.5, 0.6) is 0 Å². The molecule has 1 aromatic heterocycles. The molecule has 0 aromatic carbocycles. The molecule has 15 heavy (non-hydrogen) atoms. The van der Waals surface area contributed by atoms with Gasteiger partial charge in [-0.05, 0) is 6.07 Å². The van der Waals surface area contributed by atoms with E-state index in [1.165, 1.54) is 0 Å². The predicted molar refractivity (Wildman–Crippen MR) is 50.1 cm³/mol. The molecule has 82 valence electrons. The first-order valence-corrected chi connectivity index (χ1v) is 4.37. The minimum absolute atomic E-state index is 0.0542. The predicted octanol–water partition coefficient (Wildman–Crippen LogP) is 2.04. The van der Waals surface area contributed by atoms with Crippen molar-refractivity contribution in [2.45, 2.75) is 12.3 Å². The van der Waals surface area contributed by atoms with Crippen LogP contribution in [0.4, 0.5) is 14.5 Å². The molecule has 1 rings (SSSR count). The van der Waals surface area contributed by atoms with Gasteiger partial charge in [0.1, 0.15) is 0 Å². The molecule has 1 aromatic rings. The fourth-order valence-electron chi connectivity index (χ4n) is 1.04. The van der Waals surface area contributed by atoms with Gasteiger partial charge in [-0.2, -0.15) is 0 Å². The number of nitrogens with two attached hydrogens (primary N) is 1. The highest BCUT2D eigenvalue weighted by Crippen LogP contribution is 2.28. The van der Waals surface area contributed by atoms with E-state index in [4.69, 9.17) is 22.4 Å². The summed E-state index contributed by atoms with van der Waals surface area (Å²) < 4.78 is 24.9. The maximum atomic E-state index is 12.4. The van der Waals surface area contributed by atoms with E-state index < -0.39 is 29.3 Å². The number of aromatic nitrogens is 1. The van der Waals surface area contributed by atoms with Crippen molar-refractivity contribution in [3.05, 3.63) is 23.0 Å². The molecule has 0 atom stereocenters. The summed E-state index contributed by atoms with van der Waals surface area (Å²) in [5.74, 6) is -1.61. The van der Waals surface area contributed by atoms with Crippen molar-refractivity contribution < 1.29 is 18.7 Å². The van der Waals surface area contributed by atoms with E-state index in [1.807, 2.05) is 0 Å². The van der Waals surface area contributed by atoms with Gasteiger partial charge in [0.25, 0.3) is 6.43 Å². The molecule has 0 amide bonds. The number of nitrogen functional groups attached to an aromatic ring is 1. The van der Waals surface area contributed by atoms with Crippen LogP contribution in [0.15, 0.2) is 6.07 Å². The molecule has 0 spiro atoms. The van der Waals surface area contributed by atoms with Crippen LogP contribution in [0.2, 0.25) is 0 Å². The molecule has 0 saturated carbocycles. The number of nitrogens with zero attached hydrogens (tertiary/aromatic N) is 1. The highest BCUT2D eigenvalue weighted by atomic mass is 35.5. The van der Waals surface area contributed by atoms with Crippen LogP contribution >= 0.6 is 11.6 Å². The third kappa shape index (κ3) is 2.33. The molecule has 0 aliphatic heterocycles. The third-order valence-electron chi connectivity index (χ3n) is 1.72. The van der Waals surface area contributed by atoms with Crippen molar-refractivity contribution in [2.24, 2.45) is 0 Å². The van der Waals surface area contributed by atoms with Crippen LogP contribution in [0.1, 0.15) is 28.2 Å². The lowest BCUT2D eigenvalue weighted by atomic mass is 10.1. The molecule has 0 saturated heterocycles. The van der Waals surface area contributed by atoms with Crippen molar-refractivity contribution in [1.29, 1.82) is 0 Å². The average Bonchev–Trinajstić information content (AvgIpc) is 2.17. The normalized spacial score (nSPS) is 10.7. The minimum atomic E-state index is -2.85. The Hall–Kier alpha value is -1.43. The molecule has 0 aliphatic carbocycles. The van der Waals surface area contributed by atoms with Crippen molar-refractivity contribution in [2.75, 3.05) is 5.73 Å². The van der Waals surface area contributed by atoms with Gasteiger partial charge in [0.2, 0.25) is 0 Å². The highest BCUT2D eigenvalue weighted by molar-refractivity contribution is 6.17. The van der Waals surface area contributed by atoms with Crippen LogP contribution in [0.3, 0.4) is 0 Å². The lowest BCUT2D eigenvalue weighted by Crippen LogP contribution is -2.10. The van der Waals surface area contributed by atoms with Crippen LogP contribution in [0, 0.1) is 0 Å². The van der Waals surface area contributed by atoms with E-state index in [-0.39, 0.29) is 11.6 Å². The third-order valence-corrected chi connectivity index (χ3v) is 1.99. The van der Waals surface area contributed by atoms with Gasteiger partial charge in [-0.3, -0.25) is 0 Å². The number of hydrogen-bond donors (Lipinski definition) is 2. The standard InChI is InChI=1S/C8H7ClF2N2O2/c9-2-3-1-4(7(10)11)5(12)6(13-3)8(14)15/h1,7H,2,12H2,(H,14,15). The Bertz CT molecular complexity index is 398. The molecule has 0 unspecified atom stereocenters. The van der Waals surface area contributed by atoms with Gasteiger partial charge in [0.05, 0.1) is 17.3 Å². The van der Waals surface area contributed by atoms with Crippen LogP contribution in [-0.4, -0.2) is 16.1 Å². The molecule has 0 radical (unpaired) electrons. The number of carboxylic acids is 1. The molecular formula is C8H7ClF2N2O2. The zero-order valence-electron chi connectivity index (χ0n) is 7.38. The summed E-state index contributed by atoms with van der Waals surface area (Å²) in [5.41, 5.74) is 3.62. The van der Waals surface area contributed by atoms with Crippen molar-refractivity contribution in [3.63, 3.8) is 0 Å². The molecule has 3 N–H and O–H groups in total. The number of pyridine rings is 1. The summed E-state index contributed by atoms with van der Waals surface area (Å²) in [4.78, 5) is 14.2. The second-order valence-electron chi connectivity index (χ2n) is 2.70. The Balaban J connectivity index is 3.40. The van der Waals surface area contributed by atoms with E-state index in [2.05, 4.69) is 4.98 Å². The number of aromatic carboxylic acids is 1. The molecular weight excluding hydrogens is 230 g/mol. The quantitative estimate of drug-likeness (QED) is 0.788. The molecule has 4 nitrogen and oxygen atoms in total. The SMILES string of the molecule is Nc1c(C(F)F)cc(CCl)nc1C(=O)O. The number of halogens is 3. The van der Waals surface area contributed by atoms with Crippen LogP contribution in [-0.2, 0) is 5.88 Å². The van der Waals surface area contributed by atoms with E-state index in [0.717, 1.165) is 6.07 Å². The largest absolute Gasteiger partial charge is 0.476 e. The second-order valence-corrected chi connectivity index (χ2v) is 2.97. The maximum Gasteiger partial charge on any atom is 0.356 e. The van der Waals surface area contributed by atoms with E-state index >= 15 is 0 Å². The van der Waals surface area contributed by atoms with Crippen molar-refractivity contribution in [3.8, 4) is 0 Å². The first kappa shape index (κ1) is 11.6. The van der Waals surface area contributed by atoms with Crippen LogP contribution in [0.25, 0.3) is 0 Å². The fraction of sp³-hybridized carbons (Fsp3) is 0.250. The van der Waals surface area contributed by atoms with E-state index in [9.17, 15) is 13.6 Å². The Morgan fingerprint density at radius 2 is 2.27 bits per heavy atom. The Kier molecular flexibility index (Phi) is 3.41. The van der Waals surface area contributed by atoms with E-state index in [1.54, 1.807) is 0 Å². The summed E-state index contributed by atoms with van der Waals surface area (Å²) >= 11 is 5.39. The number of anilines is 1. The molecule has 0 fully saturated rings.